The molecule has 5 heteroatoms. The molecule has 0 aliphatic carbocycles. The Labute approximate surface area is 76.1 Å². The second-order valence-electron chi connectivity index (χ2n) is 3.86. The van der Waals surface area contributed by atoms with Gasteiger partial charge in [-0.1, -0.05) is 13.8 Å². The normalized spacial score (nSPS) is 13.4. The third-order valence-corrected chi connectivity index (χ3v) is 1.72. The summed E-state index contributed by atoms with van der Waals surface area (Å²) in [7, 11) is 0. The van der Waals surface area contributed by atoms with E-state index in [0.29, 0.717) is 6.42 Å². The third kappa shape index (κ3) is 8.05. The van der Waals surface area contributed by atoms with Gasteiger partial charge in [0.2, 0.25) is 0 Å². The van der Waals surface area contributed by atoms with Gasteiger partial charge < -0.3 is 10.4 Å². The number of rotatable bonds is 5. The van der Waals surface area contributed by atoms with Gasteiger partial charge in [0.1, 0.15) is 0 Å². The molecule has 0 saturated carbocycles. The van der Waals surface area contributed by atoms with E-state index in [9.17, 15) is 13.2 Å². The Kier molecular flexibility index (Phi) is 4.70. The Morgan fingerprint density at radius 3 is 2.08 bits per heavy atom. The lowest BCUT2D eigenvalue weighted by molar-refractivity contribution is -0.125. The second-order valence-corrected chi connectivity index (χ2v) is 3.86. The minimum atomic E-state index is -4.16. The van der Waals surface area contributed by atoms with E-state index in [0.717, 1.165) is 0 Å². The Balaban J connectivity index is 3.63. The summed E-state index contributed by atoms with van der Waals surface area (Å²) in [4.78, 5) is 0. The average Bonchev–Trinajstić information content (AvgIpc) is 1.82. The molecule has 0 aromatic carbocycles. The molecule has 0 amide bonds. The predicted octanol–water partition coefficient (Wildman–Crippen LogP) is 1.55. The second kappa shape index (κ2) is 4.81. The fraction of sp³-hybridized carbons (Fsp3) is 1.00. The van der Waals surface area contributed by atoms with Crippen molar-refractivity contribution in [2.24, 2.45) is 5.41 Å². The highest BCUT2D eigenvalue weighted by Crippen LogP contribution is 2.19. The molecule has 0 unspecified atom stereocenters. The van der Waals surface area contributed by atoms with Crippen LogP contribution >= 0.6 is 0 Å². The fourth-order valence-corrected chi connectivity index (χ4v) is 0.934. The van der Waals surface area contributed by atoms with Gasteiger partial charge in [-0.05, 0) is 11.8 Å². The van der Waals surface area contributed by atoms with Crippen LogP contribution in [0.2, 0.25) is 0 Å². The van der Waals surface area contributed by atoms with Crippen LogP contribution in [0.3, 0.4) is 0 Å². The van der Waals surface area contributed by atoms with E-state index in [-0.39, 0.29) is 18.6 Å². The van der Waals surface area contributed by atoms with Crippen molar-refractivity contribution in [2.75, 3.05) is 19.7 Å². The number of aliphatic hydroxyl groups excluding tert-OH is 1. The third-order valence-electron chi connectivity index (χ3n) is 1.72. The Hall–Kier alpha value is -0.290. The number of alkyl halides is 3. The SMILES string of the molecule is CC(C)(CCO)CNCC(F)(F)F. The van der Waals surface area contributed by atoms with E-state index in [2.05, 4.69) is 5.32 Å². The summed E-state index contributed by atoms with van der Waals surface area (Å²) in [5.74, 6) is 0. The number of hydrogen-bond acceptors (Lipinski definition) is 2. The van der Waals surface area contributed by atoms with Gasteiger partial charge in [0.05, 0.1) is 6.54 Å². The van der Waals surface area contributed by atoms with Gasteiger partial charge in [-0.15, -0.1) is 0 Å². The lowest BCUT2D eigenvalue weighted by atomic mass is 9.90. The fourth-order valence-electron chi connectivity index (χ4n) is 0.934. The van der Waals surface area contributed by atoms with Gasteiger partial charge in [-0.2, -0.15) is 13.2 Å². The quantitative estimate of drug-likeness (QED) is 0.704. The van der Waals surface area contributed by atoms with E-state index < -0.39 is 12.7 Å². The predicted molar refractivity (Wildman–Crippen MR) is 44.4 cm³/mol. The van der Waals surface area contributed by atoms with Crippen molar-refractivity contribution in [2.45, 2.75) is 26.4 Å². The first-order chi connectivity index (χ1) is 5.77. The molecular formula is C8H16F3NO. The molecule has 0 heterocycles. The molecule has 0 aliphatic rings. The maximum Gasteiger partial charge on any atom is 0.401 e. The molecule has 0 atom stereocenters. The van der Waals surface area contributed by atoms with Crippen molar-refractivity contribution in [1.29, 1.82) is 0 Å². The molecule has 0 fully saturated rings. The summed E-state index contributed by atoms with van der Waals surface area (Å²) in [6.45, 7) is 2.91. The highest BCUT2D eigenvalue weighted by Gasteiger charge is 2.27. The van der Waals surface area contributed by atoms with Crippen LogP contribution in [0.15, 0.2) is 0 Å². The van der Waals surface area contributed by atoms with Gasteiger partial charge >= 0.3 is 6.18 Å². The Bertz CT molecular complexity index is 145. The van der Waals surface area contributed by atoms with Crippen molar-refractivity contribution in [3.63, 3.8) is 0 Å². The highest BCUT2D eigenvalue weighted by molar-refractivity contribution is 4.71. The van der Waals surface area contributed by atoms with Crippen LogP contribution in [-0.4, -0.2) is 31.0 Å². The standard InChI is InChI=1S/C8H16F3NO/c1-7(2,3-4-13)5-12-6-8(9,10)11/h12-13H,3-6H2,1-2H3. The Morgan fingerprint density at radius 2 is 1.69 bits per heavy atom. The molecule has 2 N–H and O–H groups in total. The maximum atomic E-state index is 11.7. The molecule has 0 aromatic rings. The van der Waals surface area contributed by atoms with Crippen LogP contribution < -0.4 is 5.32 Å². The first kappa shape index (κ1) is 12.7. The molecule has 0 spiro atoms. The highest BCUT2D eigenvalue weighted by atomic mass is 19.4. The zero-order valence-electron chi connectivity index (χ0n) is 7.91. The van der Waals surface area contributed by atoms with Gasteiger partial charge in [0.25, 0.3) is 0 Å². The molecule has 2 nitrogen and oxygen atoms in total. The molecule has 0 bridgehead atoms. The molecule has 13 heavy (non-hydrogen) atoms. The average molecular weight is 199 g/mol. The molecule has 0 aliphatic heterocycles. The molecule has 0 rings (SSSR count). The Morgan fingerprint density at radius 1 is 1.15 bits per heavy atom. The van der Waals surface area contributed by atoms with E-state index in [4.69, 9.17) is 5.11 Å². The number of hydrogen-bond donors (Lipinski definition) is 2. The van der Waals surface area contributed by atoms with Gasteiger partial charge in [0.15, 0.2) is 0 Å². The summed E-state index contributed by atoms with van der Waals surface area (Å²) in [6, 6.07) is 0. The summed E-state index contributed by atoms with van der Waals surface area (Å²) in [6.07, 6.45) is -3.66. The van der Waals surface area contributed by atoms with E-state index >= 15 is 0 Å². The molecule has 0 radical (unpaired) electrons. The lowest BCUT2D eigenvalue weighted by Crippen LogP contribution is -2.36. The van der Waals surface area contributed by atoms with Gasteiger partial charge in [0, 0.05) is 13.2 Å². The van der Waals surface area contributed by atoms with Crippen LogP contribution in [-0.2, 0) is 0 Å². The minimum Gasteiger partial charge on any atom is -0.396 e. The number of nitrogens with one attached hydrogen (secondary N) is 1. The topological polar surface area (TPSA) is 32.3 Å². The first-order valence-electron chi connectivity index (χ1n) is 4.15. The van der Waals surface area contributed by atoms with Gasteiger partial charge in [-0.3, -0.25) is 0 Å². The number of halogens is 3. The van der Waals surface area contributed by atoms with Crippen LogP contribution in [0.25, 0.3) is 0 Å². The zero-order valence-corrected chi connectivity index (χ0v) is 7.91. The van der Waals surface area contributed by atoms with Crippen molar-refractivity contribution in [1.82, 2.24) is 5.32 Å². The van der Waals surface area contributed by atoms with Gasteiger partial charge in [-0.25, -0.2) is 0 Å². The van der Waals surface area contributed by atoms with Crippen LogP contribution in [0, 0.1) is 5.41 Å². The largest absolute Gasteiger partial charge is 0.401 e. The maximum absolute atomic E-state index is 11.7. The van der Waals surface area contributed by atoms with Crippen LogP contribution in [0.1, 0.15) is 20.3 Å². The van der Waals surface area contributed by atoms with Crippen LogP contribution in [0.4, 0.5) is 13.2 Å². The minimum absolute atomic E-state index is 0.000692. The molecule has 80 valence electrons. The monoisotopic (exact) mass is 199 g/mol. The van der Waals surface area contributed by atoms with Crippen molar-refractivity contribution >= 4 is 0 Å². The van der Waals surface area contributed by atoms with E-state index in [1.54, 1.807) is 0 Å². The van der Waals surface area contributed by atoms with Crippen molar-refractivity contribution < 1.29 is 18.3 Å². The summed E-state index contributed by atoms with van der Waals surface area (Å²) in [5.41, 5.74) is -0.292. The van der Waals surface area contributed by atoms with E-state index in [1.807, 2.05) is 13.8 Å². The van der Waals surface area contributed by atoms with Crippen molar-refractivity contribution in [3.8, 4) is 0 Å². The summed E-state index contributed by atoms with van der Waals surface area (Å²) in [5, 5.41) is 10.9. The number of aliphatic hydroxyl groups is 1. The summed E-state index contributed by atoms with van der Waals surface area (Å²) >= 11 is 0. The lowest BCUT2D eigenvalue weighted by Gasteiger charge is -2.24. The smallest absolute Gasteiger partial charge is 0.396 e. The molecule has 0 aromatic heterocycles. The van der Waals surface area contributed by atoms with Crippen LogP contribution in [0.5, 0.6) is 0 Å². The molecule has 0 saturated heterocycles. The van der Waals surface area contributed by atoms with Crippen molar-refractivity contribution in [3.05, 3.63) is 0 Å². The summed E-state index contributed by atoms with van der Waals surface area (Å²) < 4.78 is 35.1. The molecular weight excluding hydrogens is 183 g/mol. The van der Waals surface area contributed by atoms with E-state index in [1.165, 1.54) is 0 Å². The first-order valence-corrected chi connectivity index (χ1v) is 4.15. The zero-order chi connectivity index (χ0) is 10.5.